The van der Waals surface area contributed by atoms with Gasteiger partial charge in [-0.05, 0) is 25.7 Å². The lowest BCUT2D eigenvalue weighted by Gasteiger charge is -2.35. The number of amides is 1. The summed E-state index contributed by atoms with van der Waals surface area (Å²) in [5.41, 5.74) is 2.44. The highest BCUT2D eigenvalue weighted by Gasteiger charge is 2.41. The predicted octanol–water partition coefficient (Wildman–Crippen LogP) is 1.16. The van der Waals surface area contributed by atoms with Crippen molar-refractivity contribution < 1.29 is 4.79 Å². The Morgan fingerprint density at radius 2 is 2.15 bits per heavy atom. The molecule has 1 aromatic heterocycles. The fraction of sp³-hybridized carbons (Fsp3) is 0.667. The number of rotatable bonds is 2. The summed E-state index contributed by atoms with van der Waals surface area (Å²) in [5, 5.41) is 0. The Bertz CT molecular complexity index is 526. The molecule has 2 saturated heterocycles. The van der Waals surface area contributed by atoms with E-state index in [4.69, 9.17) is 0 Å². The zero-order chi connectivity index (χ0) is 13.5. The second-order valence-electron chi connectivity index (χ2n) is 6.14. The molecule has 2 fully saturated rings. The van der Waals surface area contributed by atoms with Crippen LogP contribution in [0.25, 0.3) is 0 Å². The van der Waals surface area contributed by atoms with Crippen LogP contribution < -0.4 is 0 Å². The zero-order valence-corrected chi connectivity index (χ0v) is 11.7. The largest absolute Gasteiger partial charge is 0.342 e. The summed E-state index contributed by atoms with van der Waals surface area (Å²) in [6, 6.07) is 0.852. The summed E-state index contributed by atoms with van der Waals surface area (Å²) in [6.45, 7) is 2.47. The van der Waals surface area contributed by atoms with E-state index in [1.165, 1.54) is 17.7 Å². The number of likely N-dealkylation sites (tertiary alicyclic amines) is 1. The molecule has 3 aliphatic rings. The molecular formula is C15H20N4O. The standard InChI is InChI=1S/C15H20N4O/c20-15(18-5-1-2-6-18)9-19-11-3-4-14(19)12-8-16-10-17-13(12)7-11/h8,10-11,14H,1-7,9H2. The van der Waals surface area contributed by atoms with E-state index in [0.717, 1.165) is 38.8 Å². The average Bonchev–Trinajstić information content (AvgIpc) is 3.07. The molecule has 2 atom stereocenters. The summed E-state index contributed by atoms with van der Waals surface area (Å²) in [4.78, 5) is 25.4. The minimum atomic E-state index is 0.305. The van der Waals surface area contributed by atoms with E-state index in [1.54, 1.807) is 6.33 Å². The highest BCUT2D eigenvalue weighted by molar-refractivity contribution is 5.78. The number of hydrogen-bond acceptors (Lipinski definition) is 4. The van der Waals surface area contributed by atoms with E-state index < -0.39 is 0 Å². The number of hydrogen-bond donors (Lipinski definition) is 0. The van der Waals surface area contributed by atoms with E-state index >= 15 is 0 Å². The van der Waals surface area contributed by atoms with Crippen LogP contribution in [-0.4, -0.2) is 51.4 Å². The predicted molar refractivity (Wildman–Crippen MR) is 74.0 cm³/mol. The first-order valence-electron chi connectivity index (χ1n) is 7.65. The van der Waals surface area contributed by atoms with Crippen LogP contribution in [0.1, 0.15) is 43.0 Å². The van der Waals surface area contributed by atoms with Crippen molar-refractivity contribution in [2.45, 2.75) is 44.2 Å². The van der Waals surface area contributed by atoms with Crippen LogP contribution in [0, 0.1) is 0 Å². The lowest BCUT2D eigenvalue weighted by atomic mass is 9.99. The topological polar surface area (TPSA) is 49.3 Å². The number of fused-ring (bicyclic) bond motifs is 4. The molecule has 106 valence electrons. The van der Waals surface area contributed by atoms with Gasteiger partial charge in [-0.15, -0.1) is 0 Å². The van der Waals surface area contributed by atoms with Crippen molar-refractivity contribution in [3.8, 4) is 0 Å². The molecule has 5 nitrogen and oxygen atoms in total. The Morgan fingerprint density at radius 1 is 1.30 bits per heavy atom. The Hall–Kier alpha value is -1.49. The Morgan fingerprint density at radius 3 is 3.00 bits per heavy atom. The van der Waals surface area contributed by atoms with Crippen molar-refractivity contribution >= 4 is 5.91 Å². The van der Waals surface area contributed by atoms with E-state index in [-0.39, 0.29) is 0 Å². The lowest BCUT2D eigenvalue weighted by molar-refractivity contribution is -0.132. The molecule has 2 bridgehead atoms. The van der Waals surface area contributed by atoms with Gasteiger partial charge in [-0.3, -0.25) is 9.69 Å². The molecule has 0 aromatic carbocycles. The summed E-state index contributed by atoms with van der Waals surface area (Å²) in [6.07, 6.45) is 9.20. The minimum absolute atomic E-state index is 0.305. The van der Waals surface area contributed by atoms with Crippen LogP contribution in [0.4, 0.5) is 0 Å². The third kappa shape index (κ3) is 1.92. The molecule has 0 N–H and O–H groups in total. The van der Waals surface area contributed by atoms with Crippen LogP contribution in [0.2, 0.25) is 0 Å². The molecule has 0 saturated carbocycles. The van der Waals surface area contributed by atoms with Gasteiger partial charge in [0.15, 0.2) is 0 Å². The van der Waals surface area contributed by atoms with Crippen LogP contribution in [0.3, 0.4) is 0 Å². The number of nitrogens with zero attached hydrogens (tertiary/aromatic N) is 4. The van der Waals surface area contributed by atoms with Crippen LogP contribution in [0.5, 0.6) is 0 Å². The summed E-state index contributed by atoms with van der Waals surface area (Å²) < 4.78 is 0. The second-order valence-corrected chi connectivity index (χ2v) is 6.14. The van der Waals surface area contributed by atoms with Gasteiger partial charge in [0.05, 0.1) is 12.2 Å². The molecule has 0 radical (unpaired) electrons. The Kier molecular flexibility index (Phi) is 2.95. The molecule has 3 aliphatic heterocycles. The average molecular weight is 272 g/mol. The maximum Gasteiger partial charge on any atom is 0.236 e. The van der Waals surface area contributed by atoms with Gasteiger partial charge in [0.2, 0.25) is 5.91 Å². The van der Waals surface area contributed by atoms with E-state index in [1.807, 2.05) is 11.1 Å². The van der Waals surface area contributed by atoms with Crippen molar-refractivity contribution in [1.29, 1.82) is 0 Å². The highest BCUT2D eigenvalue weighted by Crippen LogP contribution is 2.42. The molecule has 0 aliphatic carbocycles. The van der Waals surface area contributed by atoms with Crippen molar-refractivity contribution in [2.24, 2.45) is 0 Å². The minimum Gasteiger partial charge on any atom is -0.342 e. The van der Waals surface area contributed by atoms with Crippen molar-refractivity contribution in [3.05, 3.63) is 23.8 Å². The maximum atomic E-state index is 12.4. The van der Waals surface area contributed by atoms with Gasteiger partial charge in [0.25, 0.3) is 0 Å². The zero-order valence-electron chi connectivity index (χ0n) is 11.7. The molecular weight excluding hydrogens is 252 g/mol. The molecule has 1 amide bonds. The normalized spacial score (nSPS) is 28.7. The van der Waals surface area contributed by atoms with E-state index in [2.05, 4.69) is 14.9 Å². The maximum absolute atomic E-state index is 12.4. The molecule has 20 heavy (non-hydrogen) atoms. The van der Waals surface area contributed by atoms with Gasteiger partial charge < -0.3 is 4.90 Å². The second kappa shape index (κ2) is 4.81. The van der Waals surface area contributed by atoms with Crippen LogP contribution in [0.15, 0.2) is 12.5 Å². The molecule has 1 aromatic rings. The molecule has 2 unspecified atom stereocenters. The van der Waals surface area contributed by atoms with Gasteiger partial charge in [-0.25, -0.2) is 9.97 Å². The highest BCUT2D eigenvalue weighted by atomic mass is 16.2. The van der Waals surface area contributed by atoms with Crippen LogP contribution >= 0.6 is 0 Å². The first kappa shape index (κ1) is 12.3. The first-order chi connectivity index (χ1) is 9.83. The lowest BCUT2D eigenvalue weighted by Crippen LogP contribution is -2.45. The molecule has 4 heterocycles. The first-order valence-corrected chi connectivity index (χ1v) is 7.65. The van der Waals surface area contributed by atoms with Gasteiger partial charge in [-0.2, -0.15) is 0 Å². The fourth-order valence-electron chi connectivity index (χ4n) is 3.99. The van der Waals surface area contributed by atoms with Gasteiger partial charge in [0.1, 0.15) is 6.33 Å². The van der Waals surface area contributed by atoms with Gasteiger partial charge in [-0.1, -0.05) is 0 Å². The monoisotopic (exact) mass is 272 g/mol. The third-order valence-corrected chi connectivity index (χ3v) is 5.03. The van der Waals surface area contributed by atoms with Crippen molar-refractivity contribution in [1.82, 2.24) is 19.8 Å². The molecule has 4 rings (SSSR count). The third-order valence-electron chi connectivity index (χ3n) is 5.03. The molecule has 5 heteroatoms. The SMILES string of the molecule is O=C(CN1C2CCC1c1cncnc1C2)N1CCCC1. The number of carbonyl (C=O) groups is 1. The van der Waals surface area contributed by atoms with Gasteiger partial charge >= 0.3 is 0 Å². The van der Waals surface area contributed by atoms with Crippen molar-refractivity contribution in [2.75, 3.05) is 19.6 Å². The summed E-state index contributed by atoms with van der Waals surface area (Å²) in [7, 11) is 0. The van der Waals surface area contributed by atoms with Crippen LogP contribution in [-0.2, 0) is 11.2 Å². The van der Waals surface area contributed by atoms with Crippen molar-refractivity contribution in [3.63, 3.8) is 0 Å². The summed E-state index contributed by atoms with van der Waals surface area (Å²) >= 11 is 0. The van der Waals surface area contributed by atoms with Gasteiger partial charge in [0, 0.05) is 43.4 Å². The Labute approximate surface area is 119 Å². The smallest absolute Gasteiger partial charge is 0.236 e. The quantitative estimate of drug-likeness (QED) is 0.810. The number of carbonyl (C=O) groups excluding carboxylic acids is 1. The Balaban J connectivity index is 1.54. The molecule has 0 spiro atoms. The number of aromatic nitrogens is 2. The van der Waals surface area contributed by atoms with E-state index in [0.29, 0.717) is 24.5 Å². The summed E-state index contributed by atoms with van der Waals surface area (Å²) in [5.74, 6) is 0.305. The fourth-order valence-corrected chi connectivity index (χ4v) is 3.99. The van der Waals surface area contributed by atoms with E-state index in [9.17, 15) is 4.79 Å².